The van der Waals surface area contributed by atoms with E-state index in [-0.39, 0.29) is 18.0 Å². The highest BCUT2D eigenvalue weighted by molar-refractivity contribution is 5.87. The predicted molar refractivity (Wildman–Crippen MR) is 167 cm³/mol. The van der Waals surface area contributed by atoms with Crippen molar-refractivity contribution in [3.63, 3.8) is 0 Å². The average Bonchev–Trinajstić information content (AvgIpc) is 3.61. The molecule has 2 aliphatic rings. The highest BCUT2D eigenvalue weighted by Crippen LogP contribution is 2.32. The molecule has 3 atom stereocenters. The first-order valence-corrected chi connectivity index (χ1v) is 16.2. The number of likely N-dealkylation sites (tertiary alicyclic amines) is 1. The van der Waals surface area contributed by atoms with Crippen LogP contribution >= 0.6 is 0 Å². The first kappa shape index (κ1) is 35.3. The van der Waals surface area contributed by atoms with Gasteiger partial charge in [0.2, 0.25) is 5.91 Å². The molecule has 1 aromatic carbocycles. The van der Waals surface area contributed by atoms with Gasteiger partial charge < -0.3 is 29.1 Å². The van der Waals surface area contributed by atoms with Gasteiger partial charge in [-0.2, -0.15) is 4.98 Å². The molecule has 1 aromatic heterocycles. The van der Waals surface area contributed by atoms with E-state index in [1.165, 1.54) is 12.1 Å². The highest BCUT2D eigenvalue weighted by atomic mass is 19.3. The molecule has 10 nitrogen and oxygen atoms in total. The molecule has 2 amide bonds. The lowest BCUT2D eigenvalue weighted by Crippen LogP contribution is -2.52. The van der Waals surface area contributed by atoms with E-state index in [1.54, 1.807) is 33.8 Å². The third kappa shape index (κ3) is 9.28. The van der Waals surface area contributed by atoms with Gasteiger partial charge in [0.05, 0.1) is 13.2 Å². The van der Waals surface area contributed by atoms with Crippen LogP contribution in [0.15, 0.2) is 22.7 Å². The maximum Gasteiger partial charge on any atom is 0.408 e. The quantitative estimate of drug-likeness (QED) is 0.293. The zero-order valence-electron chi connectivity index (χ0n) is 27.9. The van der Waals surface area contributed by atoms with Crippen molar-refractivity contribution in [2.24, 2.45) is 11.8 Å². The minimum absolute atomic E-state index is 0.148. The molecule has 2 aromatic rings. The normalized spacial score (nSPS) is 19.2. The number of ether oxygens (including phenoxy) is 2. The fourth-order valence-electron chi connectivity index (χ4n) is 5.95. The predicted octanol–water partition coefficient (Wildman–Crippen LogP) is 6.52. The van der Waals surface area contributed by atoms with E-state index in [1.807, 2.05) is 13.8 Å². The molecule has 0 saturated carbocycles. The second-order valence-electron chi connectivity index (χ2n) is 14.0. The molecule has 256 valence electrons. The number of benzene rings is 1. The standard InChI is InChI=1S/C33H48F3N5O5/c1-20(2)28-38-30(46-39-28)40-14-10-23(11-15-40)21(3)12-17-44-24-8-9-25(26(34)18-24)22(4)27(37-31(43)45-32(5,6)7)29(42)41-16-13-33(35,36)19-41/h8-9,18,20-23,27H,10-17,19H2,1-7H3,(H,37,43)/t21-,22+,27+/m1/s1. The van der Waals surface area contributed by atoms with Crippen molar-refractivity contribution in [2.75, 3.05) is 37.7 Å². The number of rotatable bonds is 11. The van der Waals surface area contributed by atoms with Gasteiger partial charge >= 0.3 is 12.1 Å². The number of aromatic nitrogens is 2. The van der Waals surface area contributed by atoms with E-state index >= 15 is 4.39 Å². The number of hydrogen-bond donors (Lipinski definition) is 1. The summed E-state index contributed by atoms with van der Waals surface area (Å²) in [7, 11) is 0. The molecule has 2 saturated heterocycles. The molecule has 3 heterocycles. The summed E-state index contributed by atoms with van der Waals surface area (Å²) in [5, 5.41) is 6.56. The average molecular weight is 652 g/mol. The Kier molecular flexibility index (Phi) is 11.1. The van der Waals surface area contributed by atoms with Crippen LogP contribution in [0, 0.1) is 17.7 Å². The summed E-state index contributed by atoms with van der Waals surface area (Å²) in [6.07, 6.45) is 1.42. The van der Waals surface area contributed by atoms with Gasteiger partial charge in [-0.15, -0.1) is 0 Å². The van der Waals surface area contributed by atoms with Crippen LogP contribution in [0.4, 0.5) is 24.0 Å². The van der Waals surface area contributed by atoms with Gasteiger partial charge in [-0.05, 0) is 63.5 Å². The number of anilines is 1. The summed E-state index contributed by atoms with van der Waals surface area (Å²) in [6, 6.07) is 3.64. The van der Waals surface area contributed by atoms with Crippen LogP contribution in [-0.2, 0) is 9.53 Å². The molecule has 13 heteroatoms. The number of alkyl halides is 2. The van der Waals surface area contributed by atoms with Gasteiger partial charge in [-0.1, -0.05) is 38.9 Å². The van der Waals surface area contributed by atoms with Crippen molar-refractivity contribution in [3.8, 4) is 5.75 Å². The maximum absolute atomic E-state index is 15.4. The number of alkyl carbamates (subject to hydrolysis) is 1. The van der Waals surface area contributed by atoms with E-state index in [4.69, 9.17) is 14.0 Å². The Labute approximate surface area is 269 Å². The van der Waals surface area contributed by atoms with Crippen LogP contribution < -0.4 is 15.0 Å². The Morgan fingerprint density at radius 3 is 2.39 bits per heavy atom. The fourth-order valence-corrected chi connectivity index (χ4v) is 5.95. The van der Waals surface area contributed by atoms with Crippen LogP contribution in [-0.4, -0.2) is 77.4 Å². The summed E-state index contributed by atoms with van der Waals surface area (Å²) in [6.45, 7) is 14.0. The molecule has 2 aliphatic heterocycles. The zero-order chi connectivity index (χ0) is 33.8. The fraction of sp³-hybridized carbons (Fsp3) is 0.697. The van der Waals surface area contributed by atoms with Gasteiger partial charge in [0.25, 0.3) is 5.92 Å². The second kappa shape index (κ2) is 14.5. The van der Waals surface area contributed by atoms with E-state index in [0.29, 0.717) is 36.0 Å². The molecule has 1 N–H and O–H groups in total. The van der Waals surface area contributed by atoms with Crippen LogP contribution in [0.25, 0.3) is 0 Å². The topological polar surface area (TPSA) is 110 Å². The summed E-state index contributed by atoms with van der Waals surface area (Å²) < 4.78 is 59.9. The van der Waals surface area contributed by atoms with Crippen LogP contribution in [0.3, 0.4) is 0 Å². The number of halogens is 3. The lowest BCUT2D eigenvalue weighted by atomic mass is 9.84. The first-order chi connectivity index (χ1) is 21.5. The van der Waals surface area contributed by atoms with Gasteiger partial charge in [-0.25, -0.2) is 18.0 Å². The van der Waals surface area contributed by atoms with Crippen molar-refractivity contribution in [2.45, 2.75) is 104 Å². The smallest absolute Gasteiger partial charge is 0.408 e. The number of piperidine rings is 1. The van der Waals surface area contributed by atoms with E-state index in [0.717, 1.165) is 37.3 Å². The molecule has 0 spiro atoms. The molecule has 2 fully saturated rings. The van der Waals surface area contributed by atoms with E-state index in [9.17, 15) is 18.4 Å². The highest BCUT2D eigenvalue weighted by Gasteiger charge is 2.44. The monoisotopic (exact) mass is 651 g/mol. The van der Waals surface area contributed by atoms with Crippen molar-refractivity contribution in [1.82, 2.24) is 20.4 Å². The Balaban J connectivity index is 1.32. The third-order valence-electron chi connectivity index (χ3n) is 8.79. The molecule has 0 bridgehead atoms. The number of hydrogen-bond acceptors (Lipinski definition) is 8. The number of carbonyl (C=O) groups is 2. The zero-order valence-corrected chi connectivity index (χ0v) is 27.9. The van der Waals surface area contributed by atoms with Gasteiger partial charge in [0.15, 0.2) is 5.82 Å². The summed E-state index contributed by atoms with van der Waals surface area (Å²) in [4.78, 5) is 33.6. The molecular weight excluding hydrogens is 603 g/mol. The summed E-state index contributed by atoms with van der Waals surface area (Å²) in [5.74, 6) is -3.06. The van der Waals surface area contributed by atoms with Crippen molar-refractivity contribution in [1.29, 1.82) is 0 Å². The maximum atomic E-state index is 15.4. The Morgan fingerprint density at radius 2 is 1.83 bits per heavy atom. The lowest BCUT2D eigenvalue weighted by molar-refractivity contribution is -0.134. The number of nitrogens with one attached hydrogen (secondary N) is 1. The lowest BCUT2D eigenvalue weighted by Gasteiger charge is -2.33. The SMILES string of the molecule is CC(C)c1noc(N2CCC([C@H](C)CCOc3ccc([C@H](C)[C@H](NC(=O)OC(C)(C)C)C(=O)N4CCC(F)(F)C4)c(F)c3)CC2)n1. The Bertz CT molecular complexity index is 1340. The van der Waals surface area contributed by atoms with Crippen molar-refractivity contribution >= 4 is 18.0 Å². The van der Waals surface area contributed by atoms with Crippen LogP contribution in [0.1, 0.15) is 97.4 Å². The summed E-state index contributed by atoms with van der Waals surface area (Å²) in [5.41, 5.74) is -0.706. The largest absolute Gasteiger partial charge is 0.493 e. The molecular formula is C33H48F3N5O5. The number of carbonyl (C=O) groups excluding carboxylic acids is 2. The minimum Gasteiger partial charge on any atom is -0.493 e. The summed E-state index contributed by atoms with van der Waals surface area (Å²) >= 11 is 0. The van der Waals surface area contributed by atoms with Crippen LogP contribution in [0.5, 0.6) is 5.75 Å². The van der Waals surface area contributed by atoms with Gasteiger partial charge in [-0.3, -0.25) is 4.79 Å². The van der Waals surface area contributed by atoms with Crippen molar-refractivity contribution < 1.29 is 36.8 Å². The molecule has 0 aliphatic carbocycles. The molecule has 4 rings (SSSR count). The minimum atomic E-state index is -3.01. The molecule has 0 radical (unpaired) electrons. The number of amides is 2. The van der Waals surface area contributed by atoms with Crippen molar-refractivity contribution in [3.05, 3.63) is 35.4 Å². The molecule has 46 heavy (non-hydrogen) atoms. The second-order valence-corrected chi connectivity index (χ2v) is 14.0. The van der Waals surface area contributed by atoms with Gasteiger partial charge in [0.1, 0.15) is 23.2 Å². The van der Waals surface area contributed by atoms with E-state index in [2.05, 4.69) is 27.3 Å². The third-order valence-corrected chi connectivity index (χ3v) is 8.79. The Hall–Kier alpha value is -3.51. The number of nitrogens with zero attached hydrogens (tertiary/aromatic N) is 4. The Morgan fingerprint density at radius 1 is 1.13 bits per heavy atom. The first-order valence-electron chi connectivity index (χ1n) is 16.2. The molecule has 0 unspecified atom stereocenters. The van der Waals surface area contributed by atoms with Gasteiger partial charge in [0, 0.05) is 44.0 Å². The van der Waals surface area contributed by atoms with E-state index < -0.39 is 54.3 Å². The van der Waals surface area contributed by atoms with Crippen LogP contribution in [0.2, 0.25) is 0 Å².